The molecule has 56 heavy (non-hydrogen) atoms. The molecule has 4 heteroatoms. The SMILES string of the molecule is c1ccc2c(c1)oc1ccc3c4ccc(-c5ccc(-c6c7ccccc7c(-c7cc8cc9sc%10ccccc%10c9cc8o7)c7ccccc67)cc5)cc4oc3c12. The summed E-state index contributed by atoms with van der Waals surface area (Å²) in [4.78, 5) is 0. The quantitative estimate of drug-likeness (QED) is 0.170. The van der Waals surface area contributed by atoms with Crippen molar-refractivity contribution in [2.75, 3.05) is 0 Å². The third-order valence-electron chi connectivity index (χ3n) is 11.7. The monoisotopic (exact) mass is 732 g/mol. The van der Waals surface area contributed by atoms with Crippen LogP contribution in [0.3, 0.4) is 0 Å². The van der Waals surface area contributed by atoms with E-state index in [-0.39, 0.29) is 0 Å². The fourth-order valence-electron chi connectivity index (χ4n) is 9.14. The average molecular weight is 733 g/mol. The van der Waals surface area contributed by atoms with Gasteiger partial charge in [-0.2, -0.15) is 0 Å². The van der Waals surface area contributed by atoms with Crippen LogP contribution in [0.25, 0.3) is 130 Å². The van der Waals surface area contributed by atoms with Crippen molar-refractivity contribution >= 4 is 108 Å². The summed E-state index contributed by atoms with van der Waals surface area (Å²) in [6.07, 6.45) is 0. The van der Waals surface area contributed by atoms with Crippen LogP contribution >= 0.6 is 11.3 Å². The molecule has 0 aliphatic carbocycles. The Bertz CT molecular complexity index is 3700. The molecule has 3 nitrogen and oxygen atoms in total. The standard InChI is InChI=1S/C52H28O3S/c1-3-12-37-35(10-1)49(36-11-2-4-13-38(36)50(37)46-26-32-27-48-41(28-44(32)54-46)34-9-6-8-16-47(34)56-48)30-19-17-29(18-20-30)31-21-22-33-39-23-24-43-51(52(39)55-45(33)25-31)40-14-5-7-15-42(40)53-43/h1-28H. The lowest BCUT2D eigenvalue weighted by atomic mass is 9.87. The molecule has 9 aromatic carbocycles. The van der Waals surface area contributed by atoms with Gasteiger partial charge in [0.05, 0.1) is 5.39 Å². The molecule has 0 aliphatic rings. The predicted molar refractivity (Wildman–Crippen MR) is 235 cm³/mol. The topological polar surface area (TPSA) is 39.4 Å². The Balaban J connectivity index is 0.940. The molecule has 260 valence electrons. The van der Waals surface area contributed by atoms with Gasteiger partial charge in [-0.3, -0.25) is 0 Å². The molecule has 4 aromatic heterocycles. The van der Waals surface area contributed by atoms with Gasteiger partial charge in [-0.1, -0.05) is 115 Å². The molecule has 13 aromatic rings. The fraction of sp³-hybridized carbons (Fsp3) is 0. The minimum Gasteiger partial charge on any atom is -0.456 e. The van der Waals surface area contributed by atoms with Gasteiger partial charge in [-0.15, -0.1) is 11.3 Å². The minimum absolute atomic E-state index is 0.841. The summed E-state index contributed by atoms with van der Waals surface area (Å²) in [6.45, 7) is 0. The third-order valence-corrected chi connectivity index (χ3v) is 12.8. The van der Waals surface area contributed by atoms with E-state index in [1.54, 1.807) is 0 Å². The van der Waals surface area contributed by atoms with Gasteiger partial charge >= 0.3 is 0 Å². The van der Waals surface area contributed by atoms with Crippen molar-refractivity contribution in [2.24, 2.45) is 0 Å². The van der Waals surface area contributed by atoms with Crippen molar-refractivity contribution in [1.29, 1.82) is 0 Å². The van der Waals surface area contributed by atoms with Crippen LogP contribution in [0.15, 0.2) is 183 Å². The van der Waals surface area contributed by atoms with Gasteiger partial charge in [0.1, 0.15) is 33.7 Å². The van der Waals surface area contributed by atoms with Gasteiger partial charge in [0.25, 0.3) is 0 Å². The van der Waals surface area contributed by atoms with Crippen LogP contribution in [0.4, 0.5) is 0 Å². The van der Waals surface area contributed by atoms with Crippen LogP contribution in [-0.4, -0.2) is 0 Å². The smallest absolute Gasteiger partial charge is 0.147 e. The van der Waals surface area contributed by atoms with E-state index in [9.17, 15) is 0 Å². The van der Waals surface area contributed by atoms with E-state index >= 15 is 0 Å². The second kappa shape index (κ2) is 11.2. The molecule has 0 radical (unpaired) electrons. The van der Waals surface area contributed by atoms with Gasteiger partial charge in [0.15, 0.2) is 0 Å². The lowest BCUT2D eigenvalue weighted by Crippen LogP contribution is -1.90. The number of benzene rings is 9. The average Bonchev–Trinajstić information content (AvgIpc) is 4.02. The van der Waals surface area contributed by atoms with E-state index in [0.717, 1.165) is 77.3 Å². The van der Waals surface area contributed by atoms with Crippen LogP contribution in [0, 0.1) is 0 Å². The molecule has 0 unspecified atom stereocenters. The molecular formula is C52H28O3S. The zero-order chi connectivity index (χ0) is 36.5. The molecule has 0 N–H and O–H groups in total. The first-order chi connectivity index (χ1) is 27.7. The van der Waals surface area contributed by atoms with E-state index in [0.29, 0.717) is 0 Å². The summed E-state index contributed by atoms with van der Waals surface area (Å²) in [5.41, 5.74) is 10.1. The van der Waals surface area contributed by atoms with Crippen LogP contribution in [-0.2, 0) is 0 Å². The Labute approximate surface area is 323 Å². The number of fused-ring (bicyclic) bond motifs is 13. The molecular weight excluding hydrogens is 705 g/mol. The normalized spacial score (nSPS) is 12.3. The zero-order valence-electron chi connectivity index (χ0n) is 29.8. The van der Waals surface area contributed by atoms with Crippen molar-refractivity contribution in [2.45, 2.75) is 0 Å². The number of furan rings is 3. The predicted octanol–water partition coefficient (Wildman–Crippen LogP) is 15.9. The Hall–Kier alpha value is -7.14. The highest BCUT2D eigenvalue weighted by atomic mass is 32.1. The van der Waals surface area contributed by atoms with Crippen LogP contribution in [0.2, 0.25) is 0 Å². The van der Waals surface area contributed by atoms with E-state index in [4.69, 9.17) is 13.3 Å². The van der Waals surface area contributed by atoms with E-state index in [2.05, 4.69) is 152 Å². The van der Waals surface area contributed by atoms with E-state index in [1.165, 1.54) is 52.8 Å². The highest BCUT2D eigenvalue weighted by molar-refractivity contribution is 7.25. The van der Waals surface area contributed by atoms with Crippen molar-refractivity contribution < 1.29 is 13.3 Å². The van der Waals surface area contributed by atoms with Crippen LogP contribution in [0.5, 0.6) is 0 Å². The first kappa shape index (κ1) is 30.2. The van der Waals surface area contributed by atoms with E-state index in [1.807, 2.05) is 29.5 Å². The molecule has 0 bridgehead atoms. The molecule has 0 atom stereocenters. The molecule has 13 rings (SSSR count). The molecule has 4 heterocycles. The van der Waals surface area contributed by atoms with Crippen molar-refractivity contribution in [3.8, 4) is 33.6 Å². The second-order valence-electron chi connectivity index (χ2n) is 14.7. The van der Waals surface area contributed by atoms with Gasteiger partial charge in [-0.25, -0.2) is 0 Å². The minimum atomic E-state index is 0.841. The number of hydrogen-bond acceptors (Lipinski definition) is 4. The summed E-state index contributed by atoms with van der Waals surface area (Å²) >= 11 is 1.84. The Kier molecular flexibility index (Phi) is 6.04. The van der Waals surface area contributed by atoms with Crippen molar-refractivity contribution in [3.63, 3.8) is 0 Å². The van der Waals surface area contributed by atoms with Crippen molar-refractivity contribution in [3.05, 3.63) is 170 Å². The lowest BCUT2D eigenvalue weighted by Gasteiger charge is -2.16. The summed E-state index contributed by atoms with van der Waals surface area (Å²) in [5.74, 6) is 0.888. The lowest BCUT2D eigenvalue weighted by molar-refractivity contribution is 0.633. The summed E-state index contributed by atoms with van der Waals surface area (Å²) in [5, 5.41) is 12.7. The second-order valence-corrected chi connectivity index (χ2v) is 15.8. The Morgan fingerprint density at radius 3 is 1.75 bits per heavy atom. The van der Waals surface area contributed by atoms with Gasteiger partial charge in [0, 0.05) is 47.3 Å². The van der Waals surface area contributed by atoms with Gasteiger partial charge in [-0.05, 0) is 98.4 Å². The summed E-state index contributed by atoms with van der Waals surface area (Å²) in [6, 6.07) is 60.7. The summed E-state index contributed by atoms with van der Waals surface area (Å²) in [7, 11) is 0. The molecule has 0 amide bonds. The maximum Gasteiger partial charge on any atom is 0.147 e. The molecule has 0 fully saturated rings. The van der Waals surface area contributed by atoms with Gasteiger partial charge < -0.3 is 13.3 Å². The van der Waals surface area contributed by atoms with Crippen LogP contribution < -0.4 is 0 Å². The number of para-hydroxylation sites is 1. The number of hydrogen-bond donors (Lipinski definition) is 0. The highest BCUT2D eigenvalue weighted by Gasteiger charge is 2.21. The molecule has 0 saturated carbocycles. The zero-order valence-corrected chi connectivity index (χ0v) is 30.6. The van der Waals surface area contributed by atoms with Crippen molar-refractivity contribution in [1.82, 2.24) is 0 Å². The van der Waals surface area contributed by atoms with Gasteiger partial charge in [0.2, 0.25) is 0 Å². The number of rotatable bonds is 3. The Morgan fingerprint density at radius 2 is 0.964 bits per heavy atom. The first-order valence-corrected chi connectivity index (χ1v) is 19.7. The highest BCUT2D eigenvalue weighted by Crippen LogP contribution is 2.47. The van der Waals surface area contributed by atoms with Crippen LogP contribution in [0.1, 0.15) is 0 Å². The Morgan fingerprint density at radius 1 is 0.321 bits per heavy atom. The first-order valence-electron chi connectivity index (χ1n) is 18.9. The largest absolute Gasteiger partial charge is 0.456 e. The molecule has 0 aliphatic heterocycles. The summed E-state index contributed by atoms with van der Waals surface area (Å²) < 4.78 is 22.1. The fourth-order valence-corrected chi connectivity index (χ4v) is 10.3. The molecule has 0 spiro atoms. The molecule has 0 saturated heterocycles. The number of thiophene rings is 1. The maximum absolute atomic E-state index is 6.78. The van der Waals surface area contributed by atoms with E-state index < -0.39 is 0 Å². The third kappa shape index (κ3) is 4.22. The maximum atomic E-state index is 6.78.